The number of rotatable bonds is 8. The molecule has 2 heterocycles. The van der Waals surface area contributed by atoms with Crippen LogP contribution in [0.3, 0.4) is 0 Å². The molecule has 1 fully saturated rings. The number of hydrogen-bond donors (Lipinski definition) is 2. The molecule has 5 nitrogen and oxygen atoms in total. The van der Waals surface area contributed by atoms with Crippen molar-refractivity contribution in [2.45, 2.75) is 32.6 Å². The Morgan fingerprint density at radius 1 is 1.35 bits per heavy atom. The molecule has 0 aromatic carbocycles. The number of pyridine rings is 1. The zero-order valence-electron chi connectivity index (χ0n) is 12.4. The maximum atomic E-state index is 5.85. The molecule has 1 aromatic rings. The van der Waals surface area contributed by atoms with Gasteiger partial charge in [-0.15, -0.1) is 0 Å². The van der Waals surface area contributed by atoms with Crippen molar-refractivity contribution in [3.63, 3.8) is 0 Å². The molecule has 0 unspecified atom stereocenters. The molecule has 2 rings (SSSR count). The van der Waals surface area contributed by atoms with Crippen LogP contribution in [0.25, 0.3) is 0 Å². The van der Waals surface area contributed by atoms with Crippen molar-refractivity contribution in [2.24, 2.45) is 0 Å². The second-order valence-corrected chi connectivity index (χ2v) is 5.27. The van der Waals surface area contributed by atoms with Gasteiger partial charge in [-0.1, -0.05) is 6.92 Å². The number of likely N-dealkylation sites (tertiary alicyclic amines) is 1. The van der Waals surface area contributed by atoms with E-state index >= 15 is 0 Å². The first-order valence-corrected chi connectivity index (χ1v) is 7.65. The van der Waals surface area contributed by atoms with Crippen LogP contribution in [-0.2, 0) is 0 Å². The van der Waals surface area contributed by atoms with Crippen LogP contribution in [0.15, 0.2) is 12.1 Å². The molecule has 3 N–H and O–H groups in total. The molecular formula is C15H26N4O. The monoisotopic (exact) mass is 278 g/mol. The quantitative estimate of drug-likeness (QED) is 0.715. The molecule has 0 atom stereocenters. The first-order chi connectivity index (χ1) is 9.79. The smallest absolute Gasteiger partial charge is 0.239 e. The topological polar surface area (TPSA) is 63.4 Å². The number of nitrogens with one attached hydrogen (secondary N) is 1. The fourth-order valence-corrected chi connectivity index (χ4v) is 2.39. The zero-order valence-corrected chi connectivity index (χ0v) is 12.4. The minimum absolute atomic E-state index is 0.538. The molecule has 5 heteroatoms. The van der Waals surface area contributed by atoms with Gasteiger partial charge in [-0.3, -0.25) is 0 Å². The van der Waals surface area contributed by atoms with Gasteiger partial charge in [-0.25, -0.2) is 0 Å². The molecule has 1 saturated heterocycles. The lowest BCUT2D eigenvalue weighted by molar-refractivity contribution is 0.307. The zero-order chi connectivity index (χ0) is 14.2. The average Bonchev–Trinajstić information content (AvgIpc) is 2.97. The fourth-order valence-electron chi connectivity index (χ4n) is 2.39. The largest absolute Gasteiger partial charge is 0.476 e. The summed E-state index contributed by atoms with van der Waals surface area (Å²) in [5, 5.41) is 3.34. The van der Waals surface area contributed by atoms with E-state index in [0.717, 1.165) is 25.2 Å². The van der Waals surface area contributed by atoms with Crippen LogP contribution in [0.4, 0.5) is 11.5 Å². The van der Waals surface area contributed by atoms with Crippen LogP contribution in [0.2, 0.25) is 0 Å². The van der Waals surface area contributed by atoms with Gasteiger partial charge in [0.05, 0.1) is 12.3 Å². The second-order valence-electron chi connectivity index (χ2n) is 5.27. The maximum Gasteiger partial charge on any atom is 0.239 e. The van der Waals surface area contributed by atoms with E-state index in [1.165, 1.54) is 32.5 Å². The molecule has 112 valence electrons. The Morgan fingerprint density at radius 3 is 2.90 bits per heavy atom. The van der Waals surface area contributed by atoms with Gasteiger partial charge >= 0.3 is 0 Å². The normalized spacial score (nSPS) is 15.4. The highest BCUT2D eigenvalue weighted by molar-refractivity contribution is 5.53. The summed E-state index contributed by atoms with van der Waals surface area (Å²) < 4.78 is 5.53. The molecule has 0 spiro atoms. The molecule has 1 aliphatic rings. The van der Waals surface area contributed by atoms with Crippen LogP contribution >= 0.6 is 0 Å². The van der Waals surface area contributed by atoms with Crippen molar-refractivity contribution < 1.29 is 4.74 Å². The Labute approximate surface area is 121 Å². The highest BCUT2D eigenvalue weighted by Crippen LogP contribution is 2.21. The first-order valence-electron chi connectivity index (χ1n) is 7.65. The summed E-state index contributed by atoms with van der Waals surface area (Å²) in [4.78, 5) is 6.93. The molecule has 0 aliphatic carbocycles. The molecule has 20 heavy (non-hydrogen) atoms. The Morgan fingerprint density at radius 2 is 2.15 bits per heavy atom. The van der Waals surface area contributed by atoms with Crippen LogP contribution in [-0.4, -0.2) is 42.7 Å². The maximum absolute atomic E-state index is 5.85. The third-order valence-corrected chi connectivity index (χ3v) is 3.49. The summed E-state index contributed by atoms with van der Waals surface area (Å²) in [7, 11) is 0. The lowest BCUT2D eigenvalue weighted by atomic mass is 10.3. The molecule has 0 bridgehead atoms. The van der Waals surface area contributed by atoms with Crippen molar-refractivity contribution in [3.8, 4) is 5.88 Å². The Hall–Kier alpha value is -1.49. The molecule has 0 saturated carbocycles. The number of ether oxygens (including phenoxy) is 1. The van der Waals surface area contributed by atoms with E-state index in [-0.39, 0.29) is 0 Å². The van der Waals surface area contributed by atoms with Crippen molar-refractivity contribution in [1.82, 2.24) is 9.88 Å². The van der Waals surface area contributed by atoms with Crippen molar-refractivity contribution in [2.75, 3.05) is 43.8 Å². The fraction of sp³-hybridized carbons (Fsp3) is 0.667. The van der Waals surface area contributed by atoms with Crippen LogP contribution in [0.5, 0.6) is 5.88 Å². The lowest BCUT2D eigenvalue weighted by Crippen LogP contribution is -2.22. The van der Waals surface area contributed by atoms with E-state index in [4.69, 9.17) is 10.5 Å². The third-order valence-electron chi connectivity index (χ3n) is 3.49. The van der Waals surface area contributed by atoms with Gasteiger partial charge in [0.1, 0.15) is 5.82 Å². The van der Waals surface area contributed by atoms with Crippen LogP contribution in [0.1, 0.15) is 32.6 Å². The van der Waals surface area contributed by atoms with Crippen molar-refractivity contribution in [1.29, 1.82) is 0 Å². The van der Waals surface area contributed by atoms with E-state index in [9.17, 15) is 0 Å². The Balaban J connectivity index is 1.74. The van der Waals surface area contributed by atoms with E-state index in [0.29, 0.717) is 18.2 Å². The van der Waals surface area contributed by atoms with Crippen molar-refractivity contribution >= 4 is 11.5 Å². The van der Waals surface area contributed by atoms with Crippen molar-refractivity contribution in [3.05, 3.63) is 12.1 Å². The molecule has 1 aliphatic heterocycles. The average molecular weight is 278 g/mol. The van der Waals surface area contributed by atoms with Gasteiger partial charge in [-0.05, 0) is 57.5 Å². The van der Waals surface area contributed by atoms with Gasteiger partial charge in [0.2, 0.25) is 5.88 Å². The Kier molecular flexibility index (Phi) is 5.92. The summed E-state index contributed by atoms with van der Waals surface area (Å²) in [6, 6.07) is 3.75. The molecule has 1 aromatic heterocycles. The summed E-state index contributed by atoms with van der Waals surface area (Å²) in [6.07, 6.45) is 4.79. The third kappa shape index (κ3) is 4.56. The highest BCUT2D eigenvalue weighted by Gasteiger charge is 2.10. The number of nitrogens with two attached hydrogens (primary N) is 1. The van der Waals surface area contributed by atoms with Gasteiger partial charge in [0.25, 0.3) is 0 Å². The predicted molar refractivity (Wildman–Crippen MR) is 83.2 cm³/mol. The van der Waals surface area contributed by atoms with Gasteiger partial charge in [0, 0.05) is 6.54 Å². The van der Waals surface area contributed by atoms with Crippen LogP contribution < -0.4 is 15.8 Å². The first kappa shape index (κ1) is 14.9. The lowest BCUT2D eigenvalue weighted by Gasteiger charge is -2.15. The highest BCUT2D eigenvalue weighted by atomic mass is 16.5. The number of nitrogen functional groups attached to an aromatic ring is 1. The summed E-state index contributed by atoms with van der Waals surface area (Å²) in [6.45, 7) is 7.33. The summed E-state index contributed by atoms with van der Waals surface area (Å²) in [5.41, 5.74) is 6.44. The second kappa shape index (κ2) is 7.94. The van der Waals surface area contributed by atoms with E-state index in [2.05, 4.69) is 22.1 Å². The van der Waals surface area contributed by atoms with Crippen LogP contribution in [0, 0.1) is 0 Å². The predicted octanol–water partition coefficient (Wildman–Crippen LogP) is 2.35. The SMILES string of the molecule is CCCOc1nc(NCCCN2CCCC2)ccc1N. The van der Waals surface area contributed by atoms with E-state index < -0.39 is 0 Å². The minimum Gasteiger partial charge on any atom is -0.476 e. The number of anilines is 2. The molecule has 0 amide bonds. The number of aromatic nitrogens is 1. The van der Waals surface area contributed by atoms with Gasteiger partial charge in [-0.2, -0.15) is 4.98 Å². The Bertz CT molecular complexity index is 405. The van der Waals surface area contributed by atoms with Gasteiger partial charge < -0.3 is 20.7 Å². The van der Waals surface area contributed by atoms with E-state index in [1.807, 2.05) is 12.1 Å². The van der Waals surface area contributed by atoms with E-state index in [1.54, 1.807) is 0 Å². The molecular weight excluding hydrogens is 252 g/mol. The minimum atomic E-state index is 0.538. The number of nitrogens with zero attached hydrogens (tertiary/aromatic N) is 2. The summed E-state index contributed by atoms with van der Waals surface area (Å²) in [5.74, 6) is 1.38. The molecule has 0 radical (unpaired) electrons. The van der Waals surface area contributed by atoms with Gasteiger partial charge in [0.15, 0.2) is 0 Å². The standard InChI is InChI=1S/C15H26N4O/c1-2-12-20-15-13(16)6-7-14(18-15)17-8-5-11-19-9-3-4-10-19/h6-7H,2-5,8-12,16H2,1H3,(H,17,18). The number of hydrogen-bond acceptors (Lipinski definition) is 5. The summed E-state index contributed by atoms with van der Waals surface area (Å²) >= 11 is 0.